The van der Waals surface area contributed by atoms with E-state index < -0.39 is 0 Å². The number of methoxy groups -OCH3 is 1. The van der Waals surface area contributed by atoms with Crippen LogP contribution in [0.1, 0.15) is 23.2 Å². The van der Waals surface area contributed by atoms with Crippen LogP contribution in [0.2, 0.25) is 0 Å². The second-order valence-electron chi connectivity index (χ2n) is 4.37. The van der Waals surface area contributed by atoms with Crippen LogP contribution in [0.15, 0.2) is 18.2 Å². The lowest BCUT2D eigenvalue weighted by molar-refractivity contribution is 0.0724. The molecule has 0 spiro atoms. The number of phenols is 1. The second kappa shape index (κ2) is 5.48. The molecule has 4 nitrogen and oxygen atoms in total. The fourth-order valence-electron chi connectivity index (χ4n) is 2.10. The number of benzene rings is 1. The number of phenolic OH excluding ortho intramolecular Hbond substituents is 1. The van der Waals surface area contributed by atoms with E-state index in [1.54, 1.807) is 17.0 Å². The quantitative estimate of drug-likeness (QED) is 0.838. The molecule has 2 rings (SSSR count). The Morgan fingerprint density at radius 3 is 2.94 bits per heavy atom. The van der Waals surface area contributed by atoms with Crippen molar-refractivity contribution < 1.29 is 14.6 Å². The Morgan fingerprint density at radius 2 is 2.33 bits per heavy atom. The molecule has 1 heterocycles. The molecule has 1 amide bonds. The summed E-state index contributed by atoms with van der Waals surface area (Å²) in [7, 11) is 1.51. The first-order chi connectivity index (χ1) is 8.61. The summed E-state index contributed by atoms with van der Waals surface area (Å²) in [5.41, 5.74) is 0.293. The summed E-state index contributed by atoms with van der Waals surface area (Å²) < 4.78 is 4.99. The van der Waals surface area contributed by atoms with Crippen molar-refractivity contribution in [1.82, 2.24) is 4.90 Å². The van der Waals surface area contributed by atoms with Crippen LogP contribution in [0.4, 0.5) is 0 Å². The number of amides is 1. The van der Waals surface area contributed by atoms with E-state index in [-0.39, 0.29) is 17.0 Å². The van der Waals surface area contributed by atoms with Crippen LogP contribution in [-0.4, -0.2) is 41.5 Å². The molecule has 1 aliphatic heterocycles. The van der Waals surface area contributed by atoms with Gasteiger partial charge in [-0.1, -0.05) is 0 Å². The van der Waals surface area contributed by atoms with Crippen LogP contribution in [0.5, 0.6) is 11.5 Å². The van der Waals surface area contributed by atoms with Crippen molar-refractivity contribution in [2.24, 2.45) is 0 Å². The molecule has 1 aliphatic rings. The summed E-state index contributed by atoms with van der Waals surface area (Å²) in [6.45, 7) is 1.22. The second-order valence-corrected chi connectivity index (χ2v) is 4.99. The Balaban J connectivity index is 2.17. The monoisotopic (exact) mass is 269 g/mol. The van der Waals surface area contributed by atoms with Gasteiger partial charge in [0.25, 0.3) is 5.91 Å². The maximum Gasteiger partial charge on any atom is 0.257 e. The number of hydrogen-bond donors (Lipinski definition) is 1. The Kier molecular flexibility index (Phi) is 3.97. The lowest BCUT2D eigenvalue weighted by Crippen LogP contribution is -2.40. The van der Waals surface area contributed by atoms with E-state index >= 15 is 0 Å². The first-order valence-electron chi connectivity index (χ1n) is 5.92. The highest BCUT2D eigenvalue weighted by atomic mass is 35.5. The fourth-order valence-corrected chi connectivity index (χ4v) is 2.42. The summed E-state index contributed by atoms with van der Waals surface area (Å²) in [5.74, 6) is 0.287. The molecule has 1 unspecified atom stereocenters. The first kappa shape index (κ1) is 13.0. The van der Waals surface area contributed by atoms with Crippen LogP contribution < -0.4 is 4.74 Å². The molecule has 0 bridgehead atoms. The van der Waals surface area contributed by atoms with Gasteiger partial charge in [0.05, 0.1) is 18.1 Å². The molecule has 0 saturated carbocycles. The standard InChI is InChI=1S/C13H16ClNO3/c1-18-10-4-5-11(12(16)7-10)13(17)15-6-2-3-9(14)8-15/h4-5,7,9,16H,2-3,6,8H2,1H3. The van der Waals surface area contributed by atoms with E-state index in [9.17, 15) is 9.90 Å². The number of piperidine rings is 1. The van der Waals surface area contributed by atoms with E-state index in [2.05, 4.69) is 0 Å². The molecule has 5 heteroatoms. The van der Waals surface area contributed by atoms with Crippen LogP contribution in [0.25, 0.3) is 0 Å². The van der Waals surface area contributed by atoms with Gasteiger partial charge >= 0.3 is 0 Å². The Bertz CT molecular complexity index is 450. The molecule has 0 aromatic heterocycles. The van der Waals surface area contributed by atoms with Gasteiger partial charge in [0.2, 0.25) is 0 Å². The highest BCUT2D eigenvalue weighted by molar-refractivity contribution is 6.21. The number of rotatable bonds is 2. The van der Waals surface area contributed by atoms with Crippen molar-refractivity contribution in [3.05, 3.63) is 23.8 Å². The van der Waals surface area contributed by atoms with E-state index in [4.69, 9.17) is 16.3 Å². The SMILES string of the molecule is COc1ccc(C(=O)N2CCCC(Cl)C2)c(O)c1. The zero-order valence-electron chi connectivity index (χ0n) is 10.2. The van der Waals surface area contributed by atoms with Gasteiger partial charge in [0.1, 0.15) is 11.5 Å². The number of carbonyl (C=O) groups is 1. The Labute approximate surface area is 111 Å². The zero-order valence-corrected chi connectivity index (χ0v) is 11.0. The molecule has 1 atom stereocenters. The third kappa shape index (κ3) is 2.70. The predicted molar refractivity (Wildman–Crippen MR) is 69.4 cm³/mol. The maximum absolute atomic E-state index is 12.2. The van der Waals surface area contributed by atoms with Gasteiger partial charge in [-0.3, -0.25) is 4.79 Å². The summed E-state index contributed by atoms with van der Waals surface area (Å²) in [6.07, 6.45) is 1.83. The minimum atomic E-state index is -0.180. The smallest absolute Gasteiger partial charge is 0.257 e. The number of hydrogen-bond acceptors (Lipinski definition) is 3. The normalized spacial score (nSPS) is 19.7. The highest BCUT2D eigenvalue weighted by Crippen LogP contribution is 2.26. The molecule has 18 heavy (non-hydrogen) atoms. The van der Waals surface area contributed by atoms with Crippen molar-refractivity contribution in [3.8, 4) is 11.5 Å². The molecule has 98 valence electrons. The van der Waals surface area contributed by atoms with E-state index in [1.165, 1.54) is 13.2 Å². The van der Waals surface area contributed by atoms with Gasteiger partial charge in [-0.25, -0.2) is 0 Å². The fraction of sp³-hybridized carbons (Fsp3) is 0.462. The number of halogens is 1. The van der Waals surface area contributed by atoms with Crippen molar-refractivity contribution in [2.75, 3.05) is 20.2 Å². The third-order valence-corrected chi connectivity index (χ3v) is 3.44. The molecule has 1 saturated heterocycles. The van der Waals surface area contributed by atoms with E-state index in [1.807, 2.05) is 0 Å². The lowest BCUT2D eigenvalue weighted by Gasteiger charge is -2.30. The highest BCUT2D eigenvalue weighted by Gasteiger charge is 2.24. The number of nitrogens with zero attached hydrogens (tertiary/aromatic N) is 1. The molecule has 1 aromatic rings. The van der Waals surface area contributed by atoms with Crippen molar-refractivity contribution in [1.29, 1.82) is 0 Å². The van der Waals surface area contributed by atoms with Gasteiger partial charge in [-0.05, 0) is 25.0 Å². The molecular formula is C13H16ClNO3. The van der Waals surface area contributed by atoms with Crippen LogP contribution >= 0.6 is 11.6 Å². The van der Waals surface area contributed by atoms with Crippen LogP contribution in [0, 0.1) is 0 Å². The summed E-state index contributed by atoms with van der Waals surface area (Å²) in [4.78, 5) is 13.9. The average molecular weight is 270 g/mol. The number of ether oxygens (including phenoxy) is 1. The van der Waals surface area contributed by atoms with Crippen molar-refractivity contribution >= 4 is 17.5 Å². The lowest BCUT2D eigenvalue weighted by atomic mass is 10.1. The number of aromatic hydroxyl groups is 1. The van der Waals surface area contributed by atoms with Gasteiger partial charge in [0, 0.05) is 19.2 Å². The summed E-state index contributed by atoms with van der Waals surface area (Å²) in [5, 5.41) is 9.83. The van der Waals surface area contributed by atoms with Crippen molar-refractivity contribution in [3.63, 3.8) is 0 Å². The molecule has 1 fully saturated rings. The maximum atomic E-state index is 12.2. The topological polar surface area (TPSA) is 49.8 Å². The Hall–Kier alpha value is -1.42. The minimum Gasteiger partial charge on any atom is -0.507 e. The van der Waals surface area contributed by atoms with Crippen molar-refractivity contribution in [2.45, 2.75) is 18.2 Å². The first-order valence-corrected chi connectivity index (χ1v) is 6.36. The Morgan fingerprint density at radius 1 is 1.56 bits per heavy atom. The molecule has 0 radical (unpaired) electrons. The van der Waals surface area contributed by atoms with Crippen LogP contribution in [0.3, 0.4) is 0 Å². The predicted octanol–water partition coefficient (Wildman–Crippen LogP) is 2.24. The minimum absolute atomic E-state index is 0.00286. The zero-order chi connectivity index (χ0) is 13.1. The van der Waals surface area contributed by atoms with Gasteiger partial charge in [-0.15, -0.1) is 11.6 Å². The summed E-state index contributed by atoms with van der Waals surface area (Å²) >= 11 is 6.05. The molecule has 0 aliphatic carbocycles. The molecule has 1 N–H and O–H groups in total. The number of alkyl halides is 1. The van der Waals surface area contributed by atoms with Crippen LogP contribution in [-0.2, 0) is 0 Å². The van der Waals surface area contributed by atoms with E-state index in [0.717, 1.165) is 12.8 Å². The summed E-state index contributed by atoms with van der Waals surface area (Å²) in [6, 6.07) is 4.68. The van der Waals surface area contributed by atoms with Gasteiger partial charge in [0.15, 0.2) is 0 Å². The molecule has 1 aromatic carbocycles. The van der Waals surface area contributed by atoms with Gasteiger partial charge < -0.3 is 14.7 Å². The van der Waals surface area contributed by atoms with Gasteiger partial charge in [-0.2, -0.15) is 0 Å². The largest absolute Gasteiger partial charge is 0.507 e. The van der Waals surface area contributed by atoms with E-state index in [0.29, 0.717) is 24.4 Å². The third-order valence-electron chi connectivity index (χ3n) is 3.09. The molecular weight excluding hydrogens is 254 g/mol. The number of likely N-dealkylation sites (tertiary alicyclic amines) is 1. The average Bonchev–Trinajstić information content (AvgIpc) is 2.37. The number of carbonyl (C=O) groups excluding carboxylic acids is 1.